The van der Waals surface area contributed by atoms with Gasteiger partial charge < -0.3 is 14.2 Å². The van der Waals surface area contributed by atoms with Gasteiger partial charge in [0.15, 0.2) is 0 Å². The predicted octanol–water partition coefficient (Wildman–Crippen LogP) is 4.07. The highest BCUT2D eigenvalue weighted by molar-refractivity contribution is 6.05. The Morgan fingerprint density at radius 3 is 2.85 bits per heavy atom. The van der Waals surface area contributed by atoms with Crippen molar-refractivity contribution in [3.8, 4) is 17.1 Å². The summed E-state index contributed by atoms with van der Waals surface area (Å²) in [6.07, 6.45) is 5.79. The lowest BCUT2D eigenvalue weighted by atomic mass is 9.90. The molecule has 2 amide bonds. The second-order valence-electron chi connectivity index (χ2n) is 10.2. The van der Waals surface area contributed by atoms with Gasteiger partial charge in [0.25, 0.3) is 5.91 Å². The van der Waals surface area contributed by atoms with Crippen LogP contribution in [0.2, 0.25) is 0 Å². The Balaban J connectivity index is 1.39. The van der Waals surface area contributed by atoms with Crippen LogP contribution >= 0.6 is 0 Å². The number of hydrogen-bond acceptors (Lipinski definition) is 6. The van der Waals surface area contributed by atoms with Crippen molar-refractivity contribution in [1.29, 1.82) is 0 Å². The fourth-order valence-corrected chi connectivity index (χ4v) is 5.44. The van der Waals surface area contributed by atoms with Gasteiger partial charge in [0.1, 0.15) is 0 Å². The molecule has 10 heteroatoms. The summed E-state index contributed by atoms with van der Waals surface area (Å²) >= 11 is 0. The number of amides is 2. The van der Waals surface area contributed by atoms with Gasteiger partial charge in [0.2, 0.25) is 17.7 Å². The monoisotopic (exact) mass is 525 g/mol. The number of para-hydroxylation sites is 1. The first-order chi connectivity index (χ1) is 18.9. The van der Waals surface area contributed by atoms with Crippen molar-refractivity contribution in [1.82, 2.24) is 29.2 Å². The minimum atomic E-state index is -0.257. The van der Waals surface area contributed by atoms with Gasteiger partial charge in [-0.25, -0.2) is 9.67 Å². The van der Waals surface area contributed by atoms with Gasteiger partial charge >= 0.3 is 0 Å². The van der Waals surface area contributed by atoms with Crippen molar-refractivity contribution in [2.45, 2.75) is 38.6 Å². The number of imidazole rings is 1. The Kier molecular flexibility index (Phi) is 6.38. The number of nitrogens with zero attached hydrogens (tertiary/aromatic N) is 6. The van der Waals surface area contributed by atoms with Crippen LogP contribution in [0.1, 0.15) is 46.8 Å². The van der Waals surface area contributed by atoms with Gasteiger partial charge in [-0.05, 0) is 56.0 Å². The summed E-state index contributed by atoms with van der Waals surface area (Å²) in [5.41, 5.74) is 5.57. The van der Waals surface area contributed by atoms with Crippen LogP contribution in [0.3, 0.4) is 0 Å². The number of aryl methyl sites for hydroxylation is 3. The number of ether oxygens (including phenoxy) is 1. The Morgan fingerprint density at radius 2 is 2.03 bits per heavy atom. The molecule has 10 nitrogen and oxygen atoms in total. The van der Waals surface area contributed by atoms with E-state index in [0.29, 0.717) is 49.3 Å². The largest absolute Gasteiger partial charge is 0.477 e. The molecule has 1 aromatic carbocycles. The van der Waals surface area contributed by atoms with Crippen LogP contribution in [0.4, 0.5) is 5.95 Å². The number of rotatable bonds is 2. The molecule has 1 N–H and O–H groups in total. The van der Waals surface area contributed by atoms with Crippen molar-refractivity contribution >= 4 is 28.8 Å². The zero-order chi connectivity index (χ0) is 27.1. The molecule has 6 rings (SSSR count). The minimum absolute atomic E-state index is 0.0515. The molecule has 0 saturated carbocycles. The van der Waals surface area contributed by atoms with Crippen molar-refractivity contribution in [2.24, 2.45) is 7.05 Å². The quantitative estimate of drug-likeness (QED) is 0.396. The topological polar surface area (TPSA) is 107 Å². The van der Waals surface area contributed by atoms with Gasteiger partial charge in [0.05, 0.1) is 35.1 Å². The van der Waals surface area contributed by atoms with E-state index in [4.69, 9.17) is 9.72 Å². The fourth-order valence-electron chi connectivity index (χ4n) is 5.44. The average Bonchev–Trinajstić information content (AvgIpc) is 3.44. The molecular weight excluding hydrogens is 494 g/mol. The number of carbonyl (C=O) groups excluding carboxylic acids is 2. The molecule has 2 bridgehead atoms. The number of carbonyl (C=O) groups is 2. The average molecular weight is 526 g/mol. The number of nitrogens with one attached hydrogen (secondary N) is 1. The van der Waals surface area contributed by atoms with Crippen LogP contribution in [-0.2, 0) is 18.4 Å². The van der Waals surface area contributed by atoms with E-state index in [1.807, 2.05) is 26.1 Å². The summed E-state index contributed by atoms with van der Waals surface area (Å²) in [5, 5.41) is 7.44. The first-order valence-electron chi connectivity index (χ1n) is 13.3. The van der Waals surface area contributed by atoms with Gasteiger partial charge in [0, 0.05) is 43.9 Å². The van der Waals surface area contributed by atoms with Gasteiger partial charge in [-0.3, -0.25) is 19.9 Å². The predicted molar refractivity (Wildman–Crippen MR) is 148 cm³/mol. The molecule has 2 aliphatic rings. The second-order valence-corrected chi connectivity index (χ2v) is 10.2. The highest BCUT2D eigenvalue weighted by atomic mass is 16.5. The Bertz CT molecular complexity index is 1600. The molecule has 1 saturated heterocycles. The van der Waals surface area contributed by atoms with Crippen LogP contribution in [0, 0.1) is 6.92 Å². The second kappa shape index (κ2) is 10.0. The van der Waals surface area contributed by atoms with Gasteiger partial charge in [-0.1, -0.05) is 18.7 Å². The summed E-state index contributed by atoms with van der Waals surface area (Å²) in [6, 6.07) is 9.61. The maximum Gasteiger partial charge on any atom is 0.258 e. The van der Waals surface area contributed by atoms with Crippen LogP contribution in [0.5, 0.6) is 5.88 Å². The molecule has 0 unspecified atom stereocenters. The van der Waals surface area contributed by atoms with Crippen LogP contribution < -0.4 is 10.1 Å². The van der Waals surface area contributed by atoms with Crippen molar-refractivity contribution in [3.63, 3.8) is 0 Å². The third-order valence-corrected chi connectivity index (χ3v) is 7.47. The molecule has 0 aliphatic carbocycles. The van der Waals surface area contributed by atoms with Crippen molar-refractivity contribution in [3.05, 3.63) is 66.0 Å². The van der Waals surface area contributed by atoms with E-state index >= 15 is 0 Å². The van der Waals surface area contributed by atoms with Crippen LogP contribution in [-0.4, -0.2) is 60.7 Å². The van der Waals surface area contributed by atoms with Crippen molar-refractivity contribution in [2.75, 3.05) is 25.0 Å². The summed E-state index contributed by atoms with van der Waals surface area (Å²) in [7, 11) is 1.84. The fraction of sp³-hybridized carbons (Fsp3) is 0.345. The van der Waals surface area contributed by atoms with E-state index in [1.165, 1.54) is 6.08 Å². The third-order valence-electron chi connectivity index (χ3n) is 7.47. The number of benzene rings is 1. The van der Waals surface area contributed by atoms with E-state index in [-0.39, 0.29) is 17.7 Å². The molecule has 39 heavy (non-hydrogen) atoms. The van der Waals surface area contributed by atoms with E-state index in [9.17, 15) is 9.59 Å². The SMILES string of the molecule is C=CC(=O)N1CC(c2cccc3nc4n(c23)CCCCCOc2c(cnn2C)-c2cc(cc(C)n2)C(=O)N4)C1. The lowest BCUT2D eigenvalue weighted by Crippen LogP contribution is -2.47. The summed E-state index contributed by atoms with van der Waals surface area (Å²) < 4.78 is 9.95. The van der Waals surface area contributed by atoms with E-state index in [1.54, 1.807) is 27.9 Å². The zero-order valence-electron chi connectivity index (χ0n) is 22.2. The number of likely N-dealkylation sites (tertiary alicyclic amines) is 1. The standard InChI is InChI=1S/C29H31N7O3/c1-4-25(37)35-16-20(17-35)21-9-8-10-23-26(21)36-11-6-5-7-12-39-28-22(15-30-34(28)3)24-14-19(13-18(2)31-24)27(38)33-29(36)32-23/h4,8-10,13-15,20H,1,5-7,11-12,16-17H2,2-3H3,(H,32,33,38). The molecular formula is C29H31N7O3. The lowest BCUT2D eigenvalue weighted by molar-refractivity contribution is -0.130. The number of aromatic nitrogens is 5. The number of fused-ring (bicyclic) bond motifs is 7. The smallest absolute Gasteiger partial charge is 0.258 e. The van der Waals surface area contributed by atoms with E-state index in [0.717, 1.165) is 47.1 Å². The number of anilines is 1. The van der Waals surface area contributed by atoms with E-state index < -0.39 is 0 Å². The normalized spacial score (nSPS) is 16.3. The maximum absolute atomic E-state index is 13.6. The third kappa shape index (κ3) is 4.56. The summed E-state index contributed by atoms with van der Waals surface area (Å²) in [6.45, 7) is 8.00. The van der Waals surface area contributed by atoms with Gasteiger partial charge in [-0.2, -0.15) is 5.10 Å². The summed E-state index contributed by atoms with van der Waals surface area (Å²) in [5.74, 6) is 1.06. The highest BCUT2D eigenvalue weighted by Gasteiger charge is 2.33. The first-order valence-corrected chi connectivity index (χ1v) is 13.3. The van der Waals surface area contributed by atoms with E-state index in [2.05, 4.69) is 32.6 Å². The number of pyridine rings is 1. The number of hydrogen-bond donors (Lipinski definition) is 1. The minimum Gasteiger partial charge on any atom is -0.477 e. The molecule has 3 aromatic heterocycles. The molecule has 200 valence electrons. The van der Waals surface area contributed by atoms with Crippen LogP contribution in [0.25, 0.3) is 22.3 Å². The molecule has 0 spiro atoms. The van der Waals surface area contributed by atoms with Gasteiger partial charge in [-0.15, -0.1) is 0 Å². The zero-order valence-corrected chi connectivity index (χ0v) is 22.2. The molecule has 0 radical (unpaired) electrons. The first kappa shape index (κ1) is 24.8. The lowest BCUT2D eigenvalue weighted by Gasteiger charge is -2.39. The molecule has 0 atom stereocenters. The Hall–Kier alpha value is -4.47. The highest BCUT2D eigenvalue weighted by Crippen LogP contribution is 2.35. The Morgan fingerprint density at radius 1 is 1.18 bits per heavy atom. The van der Waals surface area contributed by atoms with Crippen molar-refractivity contribution < 1.29 is 14.3 Å². The Labute approximate surface area is 226 Å². The van der Waals surface area contributed by atoms with Crippen LogP contribution in [0.15, 0.2) is 49.2 Å². The summed E-state index contributed by atoms with van der Waals surface area (Å²) in [4.78, 5) is 36.9. The molecule has 4 aromatic rings. The molecule has 1 fully saturated rings. The molecule has 5 heterocycles. The molecule has 2 aliphatic heterocycles. The maximum atomic E-state index is 13.6.